The molecular weight excluding hydrogens is 130 g/mol. The first-order valence-corrected chi connectivity index (χ1v) is 3.17. The highest BCUT2D eigenvalue weighted by molar-refractivity contribution is 5.12. The molecule has 1 aromatic heterocycles. The van der Waals surface area contributed by atoms with Crippen LogP contribution in [0.3, 0.4) is 0 Å². The van der Waals surface area contributed by atoms with E-state index in [0.29, 0.717) is 0 Å². The summed E-state index contributed by atoms with van der Waals surface area (Å²) in [6.07, 6.45) is 1.46. The van der Waals surface area contributed by atoms with Gasteiger partial charge in [-0.25, -0.2) is 0 Å². The zero-order valence-corrected chi connectivity index (χ0v) is 6.09. The molecule has 10 heavy (non-hydrogen) atoms. The van der Waals surface area contributed by atoms with Crippen molar-refractivity contribution >= 4 is 0 Å². The molecule has 0 bridgehead atoms. The maximum absolute atomic E-state index is 10.3. The lowest BCUT2D eigenvalue weighted by molar-refractivity contribution is 0.466. The normalized spacial score (nSPS) is 7.80. The number of pyridine rings is 1. The van der Waals surface area contributed by atoms with Gasteiger partial charge in [-0.15, -0.1) is 0 Å². The fourth-order valence-corrected chi connectivity index (χ4v) is 0.413. The van der Waals surface area contributed by atoms with E-state index in [2.05, 4.69) is 4.98 Å². The Hall–Kier alpha value is -1.25. The lowest BCUT2D eigenvalue weighted by atomic mass is 10.5. The average Bonchev–Trinajstić information content (AvgIpc) is 2.00. The summed E-state index contributed by atoms with van der Waals surface area (Å²) < 4.78 is 0. The van der Waals surface area contributed by atoms with E-state index in [4.69, 9.17) is 5.11 Å². The lowest BCUT2D eigenvalue weighted by Gasteiger charge is -1.83. The number of aromatic nitrogens is 1. The van der Waals surface area contributed by atoms with Gasteiger partial charge >= 0.3 is 0 Å². The predicted octanol–water partition coefficient (Wildman–Crippen LogP) is 1.11. The van der Waals surface area contributed by atoms with Crippen LogP contribution in [0.2, 0.25) is 0 Å². The third-order valence-corrected chi connectivity index (χ3v) is 0.797. The second kappa shape index (κ2) is 4.61. The van der Waals surface area contributed by atoms with Crippen molar-refractivity contribution in [1.82, 2.24) is 4.98 Å². The molecule has 0 aliphatic rings. The Morgan fingerprint density at radius 2 is 2.10 bits per heavy atom. The van der Waals surface area contributed by atoms with Crippen LogP contribution >= 0.6 is 0 Å². The minimum atomic E-state index is -0.451. The minimum absolute atomic E-state index is 0.243. The van der Waals surface area contributed by atoms with Gasteiger partial charge in [0, 0.05) is 6.20 Å². The van der Waals surface area contributed by atoms with E-state index < -0.39 is 5.56 Å². The molecule has 56 valence electrons. The molecule has 0 atom stereocenters. The molecule has 0 saturated carbocycles. The molecule has 1 aromatic rings. The largest absolute Gasteiger partial charge is 0.503 e. The van der Waals surface area contributed by atoms with Crippen molar-refractivity contribution in [3.63, 3.8) is 0 Å². The van der Waals surface area contributed by atoms with Gasteiger partial charge < -0.3 is 10.1 Å². The molecule has 0 fully saturated rings. The quantitative estimate of drug-likeness (QED) is 0.568. The van der Waals surface area contributed by atoms with Crippen molar-refractivity contribution in [3.05, 3.63) is 28.7 Å². The fourth-order valence-electron chi connectivity index (χ4n) is 0.413. The van der Waals surface area contributed by atoms with Crippen molar-refractivity contribution in [3.8, 4) is 5.75 Å². The second-order valence-electron chi connectivity index (χ2n) is 1.38. The summed E-state index contributed by atoms with van der Waals surface area (Å²) in [7, 11) is 0. The smallest absolute Gasteiger partial charge is 0.290 e. The summed E-state index contributed by atoms with van der Waals surface area (Å²) in [5.74, 6) is -0.243. The summed E-state index contributed by atoms with van der Waals surface area (Å²) in [5.41, 5.74) is -0.451. The van der Waals surface area contributed by atoms with Crippen LogP contribution in [0.15, 0.2) is 23.1 Å². The van der Waals surface area contributed by atoms with Gasteiger partial charge in [-0.2, -0.15) is 0 Å². The maximum Gasteiger partial charge on any atom is 0.290 e. The van der Waals surface area contributed by atoms with Gasteiger partial charge in [0.2, 0.25) is 0 Å². The van der Waals surface area contributed by atoms with E-state index >= 15 is 0 Å². The predicted molar refractivity (Wildman–Crippen MR) is 40.1 cm³/mol. The van der Waals surface area contributed by atoms with E-state index in [1.807, 2.05) is 13.8 Å². The van der Waals surface area contributed by atoms with Crippen molar-refractivity contribution in [2.45, 2.75) is 13.8 Å². The number of H-pyrrole nitrogens is 1. The molecule has 0 unspecified atom stereocenters. The Labute approximate surface area is 59.3 Å². The number of rotatable bonds is 0. The Balaban J connectivity index is 0.000000371. The maximum atomic E-state index is 10.3. The van der Waals surface area contributed by atoms with Crippen LogP contribution in [-0.2, 0) is 0 Å². The Morgan fingerprint density at radius 3 is 2.40 bits per heavy atom. The first kappa shape index (κ1) is 8.75. The fraction of sp³-hybridized carbons (Fsp3) is 0.286. The van der Waals surface area contributed by atoms with Crippen molar-refractivity contribution in [2.75, 3.05) is 0 Å². The van der Waals surface area contributed by atoms with Crippen LogP contribution in [0.25, 0.3) is 0 Å². The first-order valence-electron chi connectivity index (χ1n) is 3.17. The molecule has 3 nitrogen and oxygen atoms in total. The van der Waals surface area contributed by atoms with E-state index in [9.17, 15) is 4.79 Å². The Kier molecular flexibility index (Phi) is 4.04. The minimum Gasteiger partial charge on any atom is -0.503 e. The second-order valence-corrected chi connectivity index (χ2v) is 1.38. The number of aromatic hydroxyl groups is 1. The number of hydrogen-bond donors (Lipinski definition) is 2. The number of aromatic amines is 1. The molecule has 2 N–H and O–H groups in total. The lowest BCUT2D eigenvalue weighted by Crippen LogP contribution is -2.01. The highest BCUT2D eigenvalue weighted by Gasteiger charge is 1.87. The van der Waals surface area contributed by atoms with Crippen molar-refractivity contribution in [2.24, 2.45) is 0 Å². The summed E-state index contributed by atoms with van der Waals surface area (Å²) >= 11 is 0. The summed E-state index contributed by atoms with van der Waals surface area (Å²) in [6.45, 7) is 4.00. The van der Waals surface area contributed by atoms with Crippen LogP contribution in [0, 0.1) is 0 Å². The van der Waals surface area contributed by atoms with Gasteiger partial charge in [0.05, 0.1) is 0 Å². The van der Waals surface area contributed by atoms with E-state index in [1.165, 1.54) is 12.3 Å². The summed E-state index contributed by atoms with van der Waals surface area (Å²) in [6, 6.07) is 2.88. The number of nitrogens with one attached hydrogen (secondary N) is 1. The molecule has 3 heteroatoms. The van der Waals surface area contributed by atoms with Gasteiger partial charge in [0.25, 0.3) is 5.56 Å². The van der Waals surface area contributed by atoms with Crippen LogP contribution in [0.1, 0.15) is 13.8 Å². The molecule has 0 aliphatic carbocycles. The Bertz CT molecular complexity index is 229. The van der Waals surface area contributed by atoms with Gasteiger partial charge in [0.15, 0.2) is 5.75 Å². The van der Waals surface area contributed by atoms with Crippen LogP contribution in [0.5, 0.6) is 5.75 Å². The monoisotopic (exact) mass is 141 g/mol. The average molecular weight is 141 g/mol. The van der Waals surface area contributed by atoms with E-state index in [1.54, 1.807) is 6.07 Å². The summed E-state index contributed by atoms with van der Waals surface area (Å²) in [5, 5.41) is 8.58. The SMILES string of the molecule is CC.O=c1[nH]cccc1O. The van der Waals surface area contributed by atoms with Crippen molar-refractivity contribution in [1.29, 1.82) is 0 Å². The molecular formula is C7H11NO2. The van der Waals surface area contributed by atoms with E-state index in [-0.39, 0.29) is 5.75 Å². The zero-order chi connectivity index (χ0) is 7.98. The molecule has 1 heterocycles. The van der Waals surface area contributed by atoms with Gasteiger partial charge in [-0.05, 0) is 12.1 Å². The summed E-state index contributed by atoms with van der Waals surface area (Å²) in [4.78, 5) is 12.6. The highest BCUT2D eigenvalue weighted by Crippen LogP contribution is 1.92. The molecule has 0 spiro atoms. The standard InChI is InChI=1S/C5H5NO2.C2H6/c7-4-2-1-3-6-5(4)8;1-2/h1-3,7H,(H,6,8);1-2H3. The zero-order valence-electron chi connectivity index (χ0n) is 6.09. The highest BCUT2D eigenvalue weighted by atomic mass is 16.3. The van der Waals surface area contributed by atoms with Crippen molar-refractivity contribution < 1.29 is 5.11 Å². The topological polar surface area (TPSA) is 53.1 Å². The Morgan fingerprint density at radius 1 is 1.50 bits per heavy atom. The van der Waals surface area contributed by atoms with Gasteiger partial charge in [0.1, 0.15) is 0 Å². The van der Waals surface area contributed by atoms with E-state index in [0.717, 1.165) is 0 Å². The molecule has 1 rings (SSSR count). The van der Waals surface area contributed by atoms with Crippen LogP contribution in [0.4, 0.5) is 0 Å². The molecule has 0 amide bonds. The molecule has 0 radical (unpaired) electrons. The third-order valence-electron chi connectivity index (χ3n) is 0.797. The first-order chi connectivity index (χ1) is 4.80. The molecule has 0 aromatic carbocycles. The van der Waals surface area contributed by atoms with Crippen LogP contribution in [-0.4, -0.2) is 10.1 Å². The van der Waals surface area contributed by atoms with Gasteiger partial charge in [-0.3, -0.25) is 4.79 Å². The number of hydrogen-bond acceptors (Lipinski definition) is 2. The third kappa shape index (κ3) is 2.35. The van der Waals surface area contributed by atoms with Gasteiger partial charge in [-0.1, -0.05) is 13.8 Å². The molecule has 0 saturated heterocycles. The molecule has 0 aliphatic heterocycles. The van der Waals surface area contributed by atoms with Crippen LogP contribution < -0.4 is 5.56 Å².